The molecule has 0 saturated heterocycles. The van der Waals surface area contributed by atoms with Crippen molar-refractivity contribution >= 4 is 22.8 Å². The van der Waals surface area contributed by atoms with Crippen LogP contribution in [-0.2, 0) is 4.79 Å². The van der Waals surface area contributed by atoms with Gasteiger partial charge >= 0.3 is 0 Å². The SMILES string of the molecule is CCC(=O)/C=C/c1cc2ccccc2[nH]1. The number of benzene rings is 1. The third-order valence-electron chi connectivity index (χ3n) is 2.35. The van der Waals surface area contributed by atoms with Crippen LogP contribution < -0.4 is 0 Å². The van der Waals surface area contributed by atoms with Crippen molar-refractivity contribution in [1.82, 2.24) is 4.98 Å². The Hall–Kier alpha value is -1.83. The Morgan fingerprint density at radius 2 is 2.20 bits per heavy atom. The number of fused-ring (bicyclic) bond motifs is 1. The minimum Gasteiger partial charge on any atom is -0.355 e. The zero-order valence-corrected chi connectivity index (χ0v) is 8.66. The molecule has 2 aromatic rings. The molecule has 1 heterocycles. The van der Waals surface area contributed by atoms with Gasteiger partial charge in [0.05, 0.1) is 0 Å². The van der Waals surface area contributed by atoms with Crippen LogP contribution in [0.4, 0.5) is 0 Å². The molecule has 0 fully saturated rings. The Bertz CT molecular complexity index is 475. The number of hydrogen-bond donors (Lipinski definition) is 1. The third kappa shape index (κ3) is 2.15. The van der Waals surface area contributed by atoms with Crippen LogP contribution in [0.1, 0.15) is 19.0 Å². The fourth-order valence-corrected chi connectivity index (χ4v) is 1.49. The van der Waals surface area contributed by atoms with Gasteiger partial charge in [0, 0.05) is 17.6 Å². The Kier molecular flexibility index (Phi) is 2.68. The molecule has 2 heteroatoms. The third-order valence-corrected chi connectivity index (χ3v) is 2.35. The van der Waals surface area contributed by atoms with Crippen molar-refractivity contribution in [3.8, 4) is 0 Å². The first-order chi connectivity index (χ1) is 7.29. The zero-order chi connectivity index (χ0) is 10.7. The van der Waals surface area contributed by atoms with Crippen LogP contribution in [0, 0.1) is 0 Å². The van der Waals surface area contributed by atoms with Gasteiger partial charge in [0.2, 0.25) is 0 Å². The van der Waals surface area contributed by atoms with Crippen molar-refractivity contribution in [2.45, 2.75) is 13.3 Å². The van der Waals surface area contributed by atoms with Crippen LogP contribution in [0.15, 0.2) is 36.4 Å². The van der Waals surface area contributed by atoms with E-state index < -0.39 is 0 Å². The second-order valence-corrected chi connectivity index (χ2v) is 3.47. The summed E-state index contributed by atoms with van der Waals surface area (Å²) in [7, 11) is 0. The molecule has 0 radical (unpaired) electrons. The topological polar surface area (TPSA) is 32.9 Å². The van der Waals surface area contributed by atoms with Gasteiger partial charge in [-0.05, 0) is 29.7 Å². The van der Waals surface area contributed by atoms with Crippen LogP contribution in [0.25, 0.3) is 17.0 Å². The second kappa shape index (κ2) is 4.13. The van der Waals surface area contributed by atoms with Gasteiger partial charge in [-0.15, -0.1) is 0 Å². The van der Waals surface area contributed by atoms with E-state index in [4.69, 9.17) is 0 Å². The van der Waals surface area contributed by atoms with Gasteiger partial charge in [0.1, 0.15) is 0 Å². The number of carbonyl (C=O) groups is 1. The van der Waals surface area contributed by atoms with Gasteiger partial charge < -0.3 is 4.98 Å². The Morgan fingerprint density at radius 3 is 2.93 bits per heavy atom. The molecule has 1 aromatic carbocycles. The van der Waals surface area contributed by atoms with Crippen LogP contribution in [0.5, 0.6) is 0 Å². The molecule has 1 aromatic heterocycles. The van der Waals surface area contributed by atoms with E-state index in [0.29, 0.717) is 6.42 Å². The predicted molar refractivity (Wildman–Crippen MR) is 62.6 cm³/mol. The Labute approximate surface area is 88.6 Å². The maximum Gasteiger partial charge on any atom is 0.155 e. The largest absolute Gasteiger partial charge is 0.355 e. The lowest BCUT2D eigenvalue weighted by atomic mass is 10.2. The fraction of sp³-hybridized carbons (Fsp3) is 0.154. The predicted octanol–water partition coefficient (Wildman–Crippen LogP) is 3.16. The van der Waals surface area contributed by atoms with E-state index in [1.807, 2.05) is 43.3 Å². The molecule has 15 heavy (non-hydrogen) atoms. The van der Waals surface area contributed by atoms with E-state index in [1.165, 1.54) is 5.39 Å². The Morgan fingerprint density at radius 1 is 1.40 bits per heavy atom. The minimum atomic E-state index is 0.147. The van der Waals surface area contributed by atoms with E-state index >= 15 is 0 Å². The number of carbonyl (C=O) groups excluding carboxylic acids is 1. The number of hydrogen-bond acceptors (Lipinski definition) is 1. The van der Waals surface area contributed by atoms with Crippen molar-refractivity contribution in [1.29, 1.82) is 0 Å². The van der Waals surface area contributed by atoms with Gasteiger partial charge in [-0.1, -0.05) is 25.1 Å². The summed E-state index contributed by atoms with van der Waals surface area (Å²) in [6.45, 7) is 1.86. The number of rotatable bonds is 3. The van der Waals surface area contributed by atoms with Crippen LogP contribution in [-0.4, -0.2) is 10.8 Å². The maximum absolute atomic E-state index is 11.1. The smallest absolute Gasteiger partial charge is 0.155 e. The summed E-state index contributed by atoms with van der Waals surface area (Å²) in [6, 6.07) is 10.1. The molecule has 0 bridgehead atoms. The maximum atomic E-state index is 11.1. The molecule has 0 aliphatic heterocycles. The van der Waals surface area contributed by atoms with E-state index in [0.717, 1.165) is 11.2 Å². The first-order valence-corrected chi connectivity index (χ1v) is 5.08. The molecular formula is C13H13NO. The van der Waals surface area contributed by atoms with Crippen LogP contribution in [0.2, 0.25) is 0 Å². The van der Waals surface area contributed by atoms with Crippen molar-refractivity contribution in [3.63, 3.8) is 0 Å². The number of nitrogens with one attached hydrogen (secondary N) is 1. The first kappa shape index (κ1) is 9.71. The molecule has 0 unspecified atom stereocenters. The number of ketones is 1. The summed E-state index contributed by atoms with van der Waals surface area (Å²) in [4.78, 5) is 14.3. The molecule has 76 valence electrons. The lowest BCUT2D eigenvalue weighted by Gasteiger charge is -1.86. The Balaban J connectivity index is 2.29. The highest BCUT2D eigenvalue weighted by Crippen LogP contribution is 2.15. The lowest BCUT2D eigenvalue weighted by molar-refractivity contribution is -0.114. The highest BCUT2D eigenvalue weighted by atomic mass is 16.1. The number of aromatic nitrogens is 1. The van der Waals surface area contributed by atoms with Gasteiger partial charge in [-0.3, -0.25) is 4.79 Å². The molecule has 1 N–H and O–H groups in total. The average Bonchev–Trinajstić information content (AvgIpc) is 2.68. The van der Waals surface area contributed by atoms with Crippen molar-refractivity contribution < 1.29 is 4.79 Å². The normalized spacial score (nSPS) is 11.3. The summed E-state index contributed by atoms with van der Waals surface area (Å²) in [5.41, 5.74) is 2.07. The standard InChI is InChI=1S/C13H13NO/c1-2-12(15)8-7-11-9-10-5-3-4-6-13(10)14-11/h3-9,14H,2H2,1H3/b8-7+. The summed E-state index contributed by atoms with van der Waals surface area (Å²) in [6.07, 6.45) is 3.99. The van der Waals surface area contributed by atoms with E-state index in [2.05, 4.69) is 4.98 Å². The van der Waals surface area contributed by atoms with Crippen LogP contribution >= 0.6 is 0 Å². The highest BCUT2D eigenvalue weighted by Gasteiger charge is 1.96. The fourth-order valence-electron chi connectivity index (χ4n) is 1.49. The molecular weight excluding hydrogens is 186 g/mol. The number of allylic oxidation sites excluding steroid dienone is 1. The van der Waals surface area contributed by atoms with E-state index in [-0.39, 0.29) is 5.78 Å². The van der Waals surface area contributed by atoms with Gasteiger partial charge in [-0.2, -0.15) is 0 Å². The molecule has 0 saturated carbocycles. The molecule has 0 atom stereocenters. The molecule has 0 spiro atoms. The lowest BCUT2D eigenvalue weighted by Crippen LogP contribution is -1.86. The van der Waals surface area contributed by atoms with Crippen LogP contribution in [0.3, 0.4) is 0 Å². The van der Waals surface area contributed by atoms with Gasteiger partial charge in [0.25, 0.3) is 0 Å². The average molecular weight is 199 g/mol. The number of H-pyrrole nitrogens is 1. The van der Waals surface area contributed by atoms with Crippen molar-refractivity contribution in [2.75, 3.05) is 0 Å². The molecule has 0 aliphatic rings. The first-order valence-electron chi connectivity index (χ1n) is 5.08. The molecule has 2 nitrogen and oxygen atoms in total. The zero-order valence-electron chi connectivity index (χ0n) is 8.66. The second-order valence-electron chi connectivity index (χ2n) is 3.47. The van der Waals surface area contributed by atoms with Crippen molar-refractivity contribution in [3.05, 3.63) is 42.1 Å². The summed E-state index contributed by atoms with van der Waals surface area (Å²) in [5.74, 6) is 0.147. The minimum absolute atomic E-state index is 0.147. The highest BCUT2D eigenvalue weighted by molar-refractivity contribution is 5.94. The molecule has 2 rings (SSSR count). The van der Waals surface area contributed by atoms with E-state index in [1.54, 1.807) is 6.08 Å². The summed E-state index contributed by atoms with van der Waals surface area (Å²) in [5, 5.41) is 1.17. The number of para-hydroxylation sites is 1. The van der Waals surface area contributed by atoms with Gasteiger partial charge in [0.15, 0.2) is 5.78 Å². The van der Waals surface area contributed by atoms with Gasteiger partial charge in [-0.25, -0.2) is 0 Å². The number of aromatic amines is 1. The van der Waals surface area contributed by atoms with E-state index in [9.17, 15) is 4.79 Å². The monoisotopic (exact) mass is 199 g/mol. The van der Waals surface area contributed by atoms with Crippen molar-refractivity contribution in [2.24, 2.45) is 0 Å². The quantitative estimate of drug-likeness (QED) is 0.757. The molecule has 0 aliphatic carbocycles. The molecule has 0 amide bonds. The summed E-state index contributed by atoms with van der Waals surface area (Å²) < 4.78 is 0. The summed E-state index contributed by atoms with van der Waals surface area (Å²) >= 11 is 0.